The smallest absolute Gasteiger partial charge is 0.360 e. The lowest BCUT2D eigenvalue weighted by atomic mass is 10.0. The maximum Gasteiger partial charge on any atom is 0.360 e. The molecule has 2 aromatic rings. The van der Waals surface area contributed by atoms with Crippen LogP contribution in [0.4, 0.5) is 0 Å². The largest absolute Gasteiger partial charge is 0.486 e. The third-order valence-corrected chi connectivity index (χ3v) is 5.26. The SMILES string of the molecule is CCCCOc1c(C(=O)OC)nc2n(CC(=O)N3CCCCC3C)ccn2c1=O. The van der Waals surface area contributed by atoms with E-state index in [1.165, 1.54) is 17.7 Å². The number of aromatic nitrogens is 3. The van der Waals surface area contributed by atoms with Crippen LogP contribution < -0.4 is 10.3 Å². The number of amides is 1. The summed E-state index contributed by atoms with van der Waals surface area (Å²) in [6, 6.07) is 0.193. The fourth-order valence-corrected chi connectivity index (χ4v) is 3.57. The van der Waals surface area contributed by atoms with Crippen molar-refractivity contribution in [2.45, 2.75) is 58.5 Å². The molecule has 0 bridgehead atoms. The van der Waals surface area contributed by atoms with Crippen LogP contribution in [0, 0.1) is 0 Å². The predicted octanol–water partition coefficient (Wildman–Crippen LogP) is 1.86. The number of fused-ring (bicyclic) bond motifs is 1. The molecule has 1 fully saturated rings. The molecule has 1 aliphatic heterocycles. The zero-order chi connectivity index (χ0) is 21.0. The molecular weight excluding hydrogens is 376 g/mol. The summed E-state index contributed by atoms with van der Waals surface area (Å²) in [6.45, 7) is 5.12. The number of carbonyl (C=O) groups is 2. The van der Waals surface area contributed by atoms with Crippen molar-refractivity contribution in [3.05, 3.63) is 28.4 Å². The molecule has 29 heavy (non-hydrogen) atoms. The summed E-state index contributed by atoms with van der Waals surface area (Å²) in [5.74, 6) is -0.708. The van der Waals surface area contributed by atoms with E-state index in [-0.39, 0.29) is 35.7 Å². The van der Waals surface area contributed by atoms with Crippen LogP contribution in [0.1, 0.15) is 56.4 Å². The summed E-state index contributed by atoms with van der Waals surface area (Å²) >= 11 is 0. The van der Waals surface area contributed by atoms with E-state index in [9.17, 15) is 14.4 Å². The van der Waals surface area contributed by atoms with Crippen LogP contribution in [0.5, 0.6) is 5.75 Å². The van der Waals surface area contributed by atoms with Crippen molar-refractivity contribution in [3.8, 4) is 5.75 Å². The second kappa shape index (κ2) is 9.11. The summed E-state index contributed by atoms with van der Waals surface area (Å²) in [4.78, 5) is 44.1. The predicted molar refractivity (Wildman–Crippen MR) is 106 cm³/mol. The molecule has 158 valence electrons. The second-order valence-corrected chi connectivity index (χ2v) is 7.32. The molecule has 0 spiro atoms. The molecule has 9 nitrogen and oxygen atoms in total. The molecule has 3 rings (SSSR count). The molecule has 1 unspecified atom stereocenters. The minimum absolute atomic E-state index is 0.0348. The Morgan fingerprint density at radius 3 is 2.76 bits per heavy atom. The van der Waals surface area contributed by atoms with Gasteiger partial charge in [-0.2, -0.15) is 0 Å². The Kier molecular flexibility index (Phi) is 6.56. The van der Waals surface area contributed by atoms with Crippen molar-refractivity contribution in [2.75, 3.05) is 20.3 Å². The molecule has 1 saturated heterocycles. The van der Waals surface area contributed by atoms with Crippen molar-refractivity contribution >= 4 is 17.7 Å². The average molecular weight is 404 g/mol. The third-order valence-electron chi connectivity index (χ3n) is 5.26. The zero-order valence-electron chi connectivity index (χ0n) is 17.2. The lowest BCUT2D eigenvalue weighted by Gasteiger charge is -2.33. The number of unbranched alkanes of at least 4 members (excludes halogenated alkanes) is 1. The van der Waals surface area contributed by atoms with E-state index in [0.29, 0.717) is 6.61 Å². The van der Waals surface area contributed by atoms with E-state index in [1.54, 1.807) is 10.8 Å². The number of hydrogen-bond donors (Lipinski definition) is 0. The fourth-order valence-electron chi connectivity index (χ4n) is 3.57. The van der Waals surface area contributed by atoms with Gasteiger partial charge in [0.1, 0.15) is 6.54 Å². The average Bonchev–Trinajstić information content (AvgIpc) is 3.12. The highest BCUT2D eigenvalue weighted by Crippen LogP contribution is 2.18. The van der Waals surface area contributed by atoms with E-state index in [2.05, 4.69) is 4.98 Å². The first-order chi connectivity index (χ1) is 14.0. The Bertz CT molecular complexity index is 948. The van der Waals surface area contributed by atoms with Gasteiger partial charge in [-0.15, -0.1) is 0 Å². The van der Waals surface area contributed by atoms with E-state index < -0.39 is 11.5 Å². The van der Waals surface area contributed by atoms with Crippen LogP contribution in [-0.4, -0.2) is 57.0 Å². The van der Waals surface area contributed by atoms with Gasteiger partial charge >= 0.3 is 11.5 Å². The number of methoxy groups -OCH3 is 1. The van der Waals surface area contributed by atoms with E-state index in [4.69, 9.17) is 9.47 Å². The van der Waals surface area contributed by atoms with Crippen LogP contribution in [0.25, 0.3) is 5.78 Å². The van der Waals surface area contributed by atoms with Gasteiger partial charge in [0.15, 0.2) is 5.69 Å². The van der Waals surface area contributed by atoms with Crippen molar-refractivity contribution < 1.29 is 19.1 Å². The van der Waals surface area contributed by atoms with Gasteiger partial charge in [-0.3, -0.25) is 9.59 Å². The highest BCUT2D eigenvalue weighted by Gasteiger charge is 2.26. The minimum atomic E-state index is -0.750. The first kappa shape index (κ1) is 20.9. The fraction of sp³-hybridized carbons (Fsp3) is 0.600. The van der Waals surface area contributed by atoms with Gasteiger partial charge < -0.3 is 18.9 Å². The van der Waals surface area contributed by atoms with Gasteiger partial charge in [-0.25, -0.2) is 14.2 Å². The number of esters is 1. The normalized spacial score (nSPS) is 16.8. The van der Waals surface area contributed by atoms with E-state index >= 15 is 0 Å². The van der Waals surface area contributed by atoms with Crippen molar-refractivity contribution in [1.82, 2.24) is 18.9 Å². The van der Waals surface area contributed by atoms with Crippen molar-refractivity contribution in [1.29, 1.82) is 0 Å². The van der Waals surface area contributed by atoms with Crippen LogP contribution in [-0.2, 0) is 16.1 Å². The second-order valence-electron chi connectivity index (χ2n) is 7.32. The van der Waals surface area contributed by atoms with Gasteiger partial charge in [-0.1, -0.05) is 13.3 Å². The summed E-state index contributed by atoms with van der Waals surface area (Å²) in [5, 5.41) is 0. The molecule has 3 heterocycles. The molecule has 0 aliphatic carbocycles. The highest BCUT2D eigenvalue weighted by atomic mass is 16.5. The van der Waals surface area contributed by atoms with Gasteiger partial charge in [0.25, 0.3) is 0 Å². The van der Waals surface area contributed by atoms with Gasteiger partial charge in [0, 0.05) is 25.0 Å². The maximum atomic E-state index is 12.9. The summed E-state index contributed by atoms with van der Waals surface area (Å²) < 4.78 is 13.2. The summed E-state index contributed by atoms with van der Waals surface area (Å²) in [7, 11) is 1.22. The van der Waals surface area contributed by atoms with Crippen molar-refractivity contribution in [2.24, 2.45) is 0 Å². The number of ether oxygens (including phenoxy) is 2. The van der Waals surface area contributed by atoms with Crippen LogP contribution in [0.15, 0.2) is 17.2 Å². The topological polar surface area (TPSA) is 95.1 Å². The molecule has 9 heteroatoms. The van der Waals surface area contributed by atoms with Crippen molar-refractivity contribution in [3.63, 3.8) is 0 Å². The van der Waals surface area contributed by atoms with Gasteiger partial charge in [0.05, 0.1) is 13.7 Å². The Balaban J connectivity index is 1.96. The Morgan fingerprint density at radius 2 is 2.07 bits per heavy atom. The van der Waals surface area contributed by atoms with Gasteiger partial charge in [0.2, 0.25) is 17.4 Å². The third kappa shape index (κ3) is 4.28. The standard InChI is InChI=1S/C20H28N4O5/c1-4-5-12-29-17-16(19(27)28-3)21-20-22(10-11-24(20)18(17)26)13-15(25)23-9-7-6-8-14(23)2/h10-11,14H,4-9,12-13H2,1-3H3. The molecule has 2 aromatic heterocycles. The number of piperidine rings is 1. The van der Waals surface area contributed by atoms with Crippen LogP contribution in [0.3, 0.4) is 0 Å². The first-order valence-corrected chi connectivity index (χ1v) is 10.1. The molecule has 0 saturated carbocycles. The molecule has 1 amide bonds. The Morgan fingerprint density at radius 1 is 1.28 bits per heavy atom. The van der Waals surface area contributed by atoms with Gasteiger partial charge in [-0.05, 0) is 32.6 Å². The molecule has 1 atom stereocenters. The number of hydrogen-bond acceptors (Lipinski definition) is 6. The lowest BCUT2D eigenvalue weighted by molar-refractivity contribution is -0.135. The lowest BCUT2D eigenvalue weighted by Crippen LogP contribution is -2.43. The minimum Gasteiger partial charge on any atom is -0.486 e. The molecule has 0 N–H and O–H groups in total. The molecule has 0 aromatic carbocycles. The maximum absolute atomic E-state index is 12.9. The Labute approximate surface area is 169 Å². The monoisotopic (exact) mass is 404 g/mol. The number of nitrogens with zero attached hydrogens (tertiary/aromatic N) is 4. The number of carbonyl (C=O) groups excluding carboxylic acids is 2. The van der Waals surface area contributed by atoms with E-state index in [0.717, 1.165) is 38.6 Å². The molecular formula is C20H28N4O5. The molecule has 1 aliphatic rings. The van der Waals surface area contributed by atoms with E-state index in [1.807, 2.05) is 18.7 Å². The Hall–Kier alpha value is -2.84. The number of likely N-dealkylation sites (tertiary alicyclic amines) is 1. The molecule has 0 radical (unpaired) electrons. The highest BCUT2D eigenvalue weighted by molar-refractivity contribution is 5.90. The number of rotatable bonds is 7. The first-order valence-electron chi connectivity index (χ1n) is 10.1. The quantitative estimate of drug-likeness (QED) is 0.516. The van der Waals surface area contributed by atoms with Crippen LogP contribution >= 0.6 is 0 Å². The zero-order valence-corrected chi connectivity index (χ0v) is 17.2. The number of imidazole rings is 1. The summed E-state index contributed by atoms with van der Waals surface area (Å²) in [6.07, 6.45) is 7.88. The van der Waals surface area contributed by atoms with Crippen LogP contribution in [0.2, 0.25) is 0 Å². The summed E-state index contributed by atoms with van der Waals surface area (Å²) in [5.41, 5.74) is -0.670.